The minimum Gasteiger partial charge on any atom is -0.342 e. The highest BCUT2D eigenvalue weighted by Crippen LogP contribution is 2.19. The molecule has 20 heavy (non-hydrogen) atoms. The average Bonchev–Trinajstić information content (AvgIpc) is 2.82. The number of nitrogens with zero attached hydrogens (tertiary/aromatic N) is 2. The van der Waals surface area contributed by atoms with E-state index in [0.29, 0.717) is 11.8 Å². The Morgan fingerprint density at radius 2 is 1.75 bits per heavy atom. The quantitative estimate of drug-likeness (QED) is 0.534. The maximum Gasteiger partial charge on any atom is 0.222 e. The molecule has 0 radical (unpaired) electrons. The summed E-state index contributed by atoms with van der Waals surface area (Å²) in [4.78, 5) is 16.5. The molecule has 1 saturated heterocycles. The zero-order valence-electron chi connectivity index (χ0n) is 13.2. The molecule has 1 amide bonds. The highest BCUT2D eigenvalue weighted by Gasteiger charge is 2.28. The number of carbonyl (C=O) groups is 1. The summed E-state index contributed by atoms with van der Waals surface area (Å²) in [7, 11) is 0. The summed E-state index contributed by atoms with van der Waals surface area (Å²) in [6.07, 6.45) is 6.96. The lowest BCUT2D eigenvalue weighted by molar-refractivity contribution is -0.127. The van der Waals surface area contributed by atoms with E-state index >= 15 is 0 Å². The van der Waals surface area contributed by atoms with E-state index in [-0.39, 0.29) is 0 Å². The van der Waals surface area contributed by atoms with Gasteiger partial charge in [0, 0.05) is 24.8 Å². The second-order valence-electron chi connectivity index (χ2n) is 5.97. The van der Waals surface area contributed by atoms with Gasteiger partial charge in [-0.05, 0) is 44.8 Å². The van der Waals surface area contributed by atoms with Crippen molar-refractivity contribution in [3.63, 3.8) is 0 Å². The summed E-state index contributed by atoms with van der Waals surface area (Å²) in [5.74, 6) is 0.877. The fourth-order valence-electron chi connectivity index (χ4n) is 2.76. The Labute approximate surface area is 133 Å². The zero-order chi connectivity index (χ0) is 14.8. The molecule has 0 saturated carbocycles. The predicted octanol–water partition coefficient (Wildman–Crippen LogP) is 3.52. The van der Waals surface area contributed by atoms with Gasteiger partial charge in [-0.2, -0.15) is 0 Å². The van der Waals surface area contributed by atoms with E-state index in [1.54, 1.807) is 0 Å². The average molecular weight is 347 g/mol. The van der Waals surface area contributed by atoms with Crippen LogP contribution in [-0.2, 0) is 4.79 Å². The standard InChI is InChI=1S/C16H31BrN2O/c1-3-5-8-18(9-6-4-2)10-7-11-19-14-15(13-17)12-16(19)20/h15H,3-14H2,1-2H3. The molecule has 0 aliphatic carbocycles. The fraction of sp³-hybridized carbons (Fsp3) is 0.938. The molecule has 1 atom stereocenters. The minimum absolute atomic E-state index is 0.350. The van der Waals surface area contributed by atoms with Crippen molar-refractivity contribution >= 4 is 21.8 Å². The first kappa shape index (κ1) is 18.0. The number of alkyl halides is 1. The molecule has 1 aliphatic rings. The third kappa shape index (κ3) is 6.57. The Morgan fingerprint density at radius 3 is 2.25 bits per heavy atom. The van der Waals surface area contributed by atoms with Crippen LogP contribution >= 0.6 is 15.9 Å². The molecule has 0 N–H and O–H groups in total. The molecule has 1 fully saturated rings. The van der Waals surface area contributed by atoms with E-state index in [1.807, 2.05) is 0 Å². The van der Waals surface area contributed by atoms with Crippen molar-refractivity contribution in [2.45, 2.75) is 52.4 Å². The first-order valence-electron chi connectivity index (χ1n) is 8.27. The monoisotopic (exact) mass is 346 g/mol. The third-order valence-electron chi connectivity index (χ3n) is 4.07. The molecule has 0 aromatic carbocycles. The lowest BCUT2D eigenvalue weighted by Gasteiger charge is -2.23. The van der Waals surface area contributed by atoms with Gasteiger partial charge in [-0.25, -0.2) is 0 Å². The van der Waals surface area contributed by atoms with Gasteiger partial charge in [0.25, 0.3) is 0 Å². The number of halogens is 1. The van der Waals surface area contributed by atoms with E-state index in [0.717, 1.165) is 37.8 Å². The Balaban J connectivity index is 2.23. The SMILES string of the molecule is CCCCN(CCCC)CCCN1CC(CBr)CC1=O. The normalized spacial score (nSPS) is 19.3. The largest absolute Gasteiger partial charge is 0.342 e. The first-order valence-corrected chi connectivity index (χ1v) is 9.39. The van der Waals surface area contributed by atoms with Crippen LogP contribution in [0.25, 0.3) is 0 Å². The molecule has 0 aromatic heterocycles. The van der Waals surface area contributed by atoms with E-state index in [1.165, 1.54) is 38.8 Å². The Kier molecular flexibility index (Phi) is 9.53. The Morgan fingerprint density at radius 1 is 1.15 bits per heavy atom. The molecule has 0 bridgehead atoms. The van der Waals surface area contributed by atoms with Crippen molar-refractivity contribution in [2.75, 3.05) is 38.1 Å². The summed E-state index contributed by atoms with van der Waals surface area (Å²) >= 11 is 3.49. The topological polar surface area (TPSA) is 23.6 Å². The van der Waals surface area contributed by atoms with Gasteiger partial charge in [-0.1, -0.05) is 42.6 Å². The Hall–Kier alpha value is -0.0900. The van der Waals surface area contributed by atoms with Crippen LogP contribution in [0.4, 0.5) is 0 Å². The summed E-state index contributed by atoms with van der Waals surface area (Å²) in [5, 5.41) is 0.953. The maximum atomic E-state index is 11.9. The van der Waals surface area contributed by atoms with Crippen LogP contribution in [0.2, 0.25) is 0 Å². The number of hydrogen-bond donors (Lipinski definition) is 0. The summed E-state index contributed by atoms with van der Waals surface area (Å²) in [6.45, 7) is 9.97. The first-order chi connectivity index (χ1) is 9.71. The number of rotatable bonds is 11. The van der Waals surface area contributed by atoms with Crippen molar-refractivity contribution in [3.05, 3.63) is 0 Å². The van der Waals surface area contributed by atoms with Crippen LogP contribution in [0.3, 0.4) is 0 Å². The maximum absolute atomic E-state index is 11.9. The van der Waals surface area contributed by atoms with Gasteiger partial charge in [-0.3, -0.25) is 4.79 Å². The lowest BCUT2D eigenvalue weighted by atomic mass is 10.2. The van der Waals surface area contributed by atoms with Gasteiger partial charge in [0.2, 0.25) is 5.91 Å². The van der Waals surface area contributed by atoms with Crippen molar-refractivity contribution in [2.24, 2.45) is 5.92 Å². The lowest BCUT2D eigenvalue weighted by Crippen LogP contribution is -2.32. The van der Waals surface area contributed by atoms with Crippen LogP contribution in [0, 0.1) is 5.92 Å². The third-order valence-corrected chi connectivity index (χ3v) is 4.99. The van der Waals surface area contributed by atoms with Crippen LogP contribution in [0.1, 0.15) is 52.4 Å². The fourth-order valence-corrected chi connectivity index (χ4v) is 3.19. The van der Waals surface area contributed by atoms with Crippen molar-refractivity contribution in [3.8, 4) is 0 Å². The minimum atomic E-state index is 0.350. The van der Waals surface area contributed by atoms with Gasteiger partial charge in [-0.15, -0.1) is 0 Å². The van der Waals surface area contributed by atoms with E-state index in [4.69, 9.17) is 0 Å². The summed E-state index contributed by atoms with van der Waals surface area (Å²) < 4.78 is 0. The molecule has 0 aromatic rings. The molecule has 1 aliphatic heterocycles. The van der Waals surface area contributed by atoms with E-state index < -0.39 is 0 Å². The van der Waals surface area contributed by atoms with Crippen LogP contribution in [-0.4, -0.2) is 53.8 Å². The molecule has 1 unspecified atom stereocenters. The highest BCUT2D eigenvalue weighted by atomic mass is 79.9. The molecule has 3 nitrogen and oxygen atoms in total. The summed E-state index contributed by atoms with van der Waals surface area (Å²) in [5.41, 5.74) is 0. The number of unbranched alkanes of at least 4 members (excludes halogenated alkanes) is 2. The van der Waals surface area contributed by atoms with Gasteiger partial charge in [0.15, 0.2) is 0 Å². The zero-order valence-corrected chi connectivity index (χ0v) is 14.8. The van der Waals surface area contributed by atoms with Crippen LogP contribution < -0.4 is 0 Å². The van der Waals surface area contributed by atoms with Gasteiger partial charge in [0.1, 0.15) is 0 Å². The number of hydrogen-bond acceptors (Lipinski definition) is 2. The Bertz CT molecular complexity index is 265. The van der Waals surface area contributed by atoms with Gasteiger partial charge >= 0.3 is 0 Å². The van der Waals surface area contributed by atoms with Gasteiger partial charge < -0.3 is 9.80 Å². The van der Waals surface area contributed by atoms with Gasteiger partial charge in [0.05, 0.1) is 0 Å². The number of amides is 1. The molecule has 1 rings (SSSR count). The predicted molar refractivity (Wildman–Crippen MR) is 89.4 cm³/mol. The smallest absolute Gasteiger partial charge is 0.222 e. The molecular weight excluding hydrogens is 316 g/mol. The van der Waals surface area contributed by atoms with Crippen molar-refractivity contribution in [1.29, 1.82) is 0 Å². The molecule has 4 heteroatoms. The second kappa shape index (κ2) is 10.6. The number of carbonyl (C=O) groups excluding carboxylic acids is 1. The van der Waals surface area contributed by atoms with Crippen molar-refractivity contribution < 1.29 is 4.79 Å². The highest BCUT2D eigenvalue weighted by molar-refractivity contribution is 9.09. The molecule has 118 valence electrons. The van der Waals surface area contributed by atoms with Crippen LogP contribution in [0.5, 0.6) is 0 Å². The molecule has 1 heterocycles. The van der Waals surface area contributed by atoms with Crippen LogP contribution in [0.15, 0.2) is 0 Å². The second-order valence-corrected chi connectivity index (χ2v) is 6.61. The van der Waals surface area contributed by atoms with Crippen molar-refractivity contribution in [1.82, 2.24) is 9.80 Å². The van der Waals surface area contributed by atoms with E-state index in [2.05, 4.69) is 39.6 Å². The number of likely N-dealkylation sites (tertiary alicyclic amines) is 1. The van der Waals surface area contributed by atoms with E-state index in [9.17, 15) is 4.79 Å². The molecule has 0 spiro atoms. The summed E-state index contributed by atoms with van der Waals surface area (Å²) in [6, 6.07) is 0. The molecular formula is C16H31BrN2O.